The molecule has 1 heterocycles. The van der Waals surface area contributed by atoms with Crippen molar-refractivity contribution in [3.63, 3.8) is 0 Å². The highest BCUT2D eigenvalue weighted by Gasteiger charge is 2.13. The molecule has 0 spiro atoms. The fourth-order valence-corrected chi connectivity index (χ4v) is 2.23. The molecule has 0 radical (unpaired) electrons. The molecule has 0 atom stereocenters. The van der Waals surface area contributed by atoms with Crippen LogP contribution in [0.3, 0.4) is 0 Å². The van der Waals surface area contributed by atoms with Crippen LogP contribution in [0.4, 0.5) is 4.39 Å². The van der Waals surface area contributed by atoms with Gasteiger partial charge in [0.25, 0.3) is 0 Å². The van der Waals surface area contributed by atoms with Crippen LogP contribution in [0.25, 0.3) is 0 Å². The van der Waals surface area contributed by atoms with Gasteiger partial charge >= 0.3 is 5.97 Å². The Bertz CT molecular complexity index is 716. The van der Waals surface area contributed by atoms with Crippen molar-refractivity contribution in [2.24, 2.45) is 0 Å². The lowest BCUT2D eigenvalue weighted by Crippen LogP contribution is -2.07. The van der Waals surface area contributed by atoms with Gasteiger partial charge in [0, 0.05) is 6.42 Å². The van der Waals surface area contributed by atoms with E-state index in [1.165, 1.54) is 6.07 Å². The molecule has 0 bridgehead atoms. The first-order valence-electron chi connectivity index (χ1n) is 7.64. The van der Waals surface area contributed by atoms with E-state index in [9.17, 15) is 9.18 Å². The van der Waals surface area contributed by atoms with Gasteiger partial charge in [-0.3, -0.25) is 4.79 Å². The van der Waals surface area contributed by atoms with Gasteiger partial charge in [-0.2, -0.15) is 0 Å². The summed E-state index contributed by atoms with van der Waals surface area (Å²) >= 11 is 0. The van der Waals surface area contributed by atoms with Gasteiger partial charge in [-0.1, -0.05) is 18.2 Å². The predicted molar refractivity (Wildman–Crippen MR) is 83.5 cm³/mol. The van der Waals surface area contributed by atoms with Crippen molar-refractivity contribution >= 4 is 5.97 Å². The van der Waals surface area contributed by atoms with E-state index in [1.54, 1.807) is 30.3 Å². The van der Waals surface area contributed by atoms with Crippen molar-refractivity contribution in [2.45, 2.75) is 19.4 Å². The van der Waals surface area contributed by atoms with Crippen molar-refractivity contribution in [1.82, 2.24) is 0 Å². The summed E-state index contributed by atoms with van der Waals surface area (Å²) in [4.78, 5) is 11.7. The minimum absolute atomic E-state index is 0.170. The zero-order valence-electron chi connectivity index (χ0n) is 13.0. The third kappa shape index (κ3) is 4.16. The average Bonchev–Trinajstić information content (AvgIpc) is 3.06. The van der Waals surface area contributed by atoms with Crippen molar-refractivity contribution in [1.29, 1.82) is 0 Å². The summed E-state index contributed by atoms with van der Waals surface area (Å²) in [5, 5.41) is 0. The lowest BCUT2D eigenvalue weighted by atomic mass is 10.2. The Labute approximate surface area is 138 Å². The average molecular weight is 332 g/mol. The van der Waals surface area contributed by atoms with Crippen LogP contribution in [0.15, 0.2) is 42.5 Å². The van der Waals surface area contributed by atoms with Gasteiger partial charge in [-0.15, -0.1) is 0 Å². The molecule has 126 valence electrons. The van der Waals surface area contributed by atoms with Crippen LogP contribution in [-0.4, -0.2) is 19.4 Å². The summed E-state index contributed by atoms with van der Waals surface area (Å²) < 4.78 is 34.3. The molecule has 0 fully saturated rings. The summed E-state index contributed by atoms with van der Waals surface area (Å²) in [5.74, 6) is 0.788. The molecule has 5 nitrogen and oxygen atoms in total. The van der Waals surface area contributed by atoms with Crippen LogP contribution in [-0.2, 0) is 16.1 Å². The first kappa shape index (κ1) is 16.1. The monoisotopic (exact) mass is 332 g/mol. The van der Waals surface area contributed by atoms with E-state index in [0.717, 1.165) is 5.56 Å². The Hall–Kier alpha value is -2.76. The van der Waals surface area contributed by atoms with Crippen molar-refractivity contribution in [3.05, 3.63) is 53.8 Å². The van der Waals surface area contributed by atoms with E-state index >= 15 is 0 Å². The molecular weight excluding hydrogens is 315 g/mol. The third-order valence-corrected chi connectivity index (χ3v) is 3.46. The lowest BCUT2D eigenvalue weighted by molar-refractivity contribution is -0.145. The molecule has 0 unspecified atom stereocenters. The predicted octanol–water partition coefficient (Wildman–Crippen LogP) is 3.46. The van der Waals surface area contributed by atoms with Crippen LogP contribution in [0, 0.1) is 5.82 Å². The van der Waals surface area contributed by atoms with Crippen molar-refractivity contribution < 1.29 is 28.1 Å². The van der Waals surface area contributed by atoms with Gasteiger partial charge in [0.1, 0.15) is 6.61 Å². The van der Waals surface area contributed by atoms with Crippen molar-refractivity contribution in [3.8, 4) is 17.2 Å². The van der Waals surface area contributed by atoms with Gasteiger partial charge in [-0.25, -0.2) is 4.39 Å². The number of fused-ring (bicyclic) bond motifs is 1. The Morgan fingerprint density at radius 1 is 1.12 bits per heavy atom. The molecule has 24 heavy (non-hydrogen) atoms. The number of hydrogen-bond donors (Lipinski definition) is 0. The van der Waals surface area contributed by atoms with Crippen LogP contribution in [0.2, 0.25) is 0 Å². The van der Waals surface area contributed by atoms with E-state index in [-0.39, 0.29) is 38.1 Å². The number of halogens is 1. The Morgan fingerprint density at radius 2 is 1.96 bits per heavy atom. The molecular formula is C18H17FO5. The molecule has 1 aliphatic rings. The first-order chi connectivity index (χ1) is 11.7. The molecule has 0 saturated heterocycles. The highest BCUT2D eigenvalue weighted by Crippen LogP contribution is 2.32. The number of ether oxygens (including phenoxy) is 4. The maximum Gasteiger partial charge on any atom is 0.306 e. The number of benzene rings is 2. The molecule has 2 aromatic rings. The number of rotatable bonds is 7. The Balaban J connectivity index is 1.36. The van der Waals surface area contributed by atoms with Crippen LogP contribution in [0.1, 0.15) is 18.4 Å². The number of carbonyl (C=O) groups excluding carboxylic acids is 1. The van der Waals surface area contributed by atoms with Gasteiger partial charge in [0.2, 0.25) is 6.79 Å². The number of carbonyl (C=O) groups is 1. The minimum atomic E-state index is -0.414. The molecule has 0 aliphatic carbocycles. The molecule has 2 aromatic carbocycles. The summed E-state index contributed by atoms with van der Waals surface area (Å²) in [5.41, 5.74) is 0.829. The molecule has 6 heteroatoms. The van der Waals surface area contributed by atoms with E-state index in [4.69, 9.17) is 18.9 Å². The van der Waals surface area contributed by atoms with Gasteiger partial charge in [0.05, 0.1) is 6.61 Å². The Morgan fingerprint density at radius 3 is 2.83 bits per heavy atom. The van der Waals surface area contributed by atoms with E-state index in [0.29, 0.717) is 17.9 Å². The molecule has 3 rings (SSSR count). The quantitative estimate of drug-likeness (QED) is 0.574. The second kappa shape index (κ2) is 7.68. The molecule has 0 saturated carbocycles. The number of para-hydroxylation sites is 1. The van der Waals surface area contributed by atoms with Crippen molar-refractivity contribution in [2.75, 3.05) is 13.4 Å². The standard InChI is InChI=1S/C18H17FO5/c19-14-4-1-2-5-15(14)21-9-3-6-18(20)22-11-13-7-8-16-17(10-13)24-12-23-16/h1-2,4-5,7-8,10H,3,6,9,11-12H2. The zero-order valence-corrected chi connectivity index (χ0v) is 13.0. The molecule has 0 N–H and O–H groups in total. The van der Waals surface area contributed by atoms with Crippen LogP contribution < -0.4 is 14.2 Å². The lowest BCUT2D eigenvalue weighted by Gasteiger charge is -2.08. The fourth-order valence-electron chi connectivity index (χ4n) is 2.23. The summed E-state index contributed by atoms with van der Waals surface area (Å²) in [6, 6.07) is 11.6. The van der Waals surface area contributed by atoms with Gasteiger partial charge in [0.15, 0.2) is 23.1 Å². The summed E-state index contributed by atoms with van der Waals surface area (Å²) in [6.45, 7) is 0.629. The highest BCUT2D eigenvalue weighted by molar-refractivity contribution is 5.69. The smallest absolute Gasteiger partial charge is 0.306 e. The fraction of sp³-hybridized carbons (Fsp3) is 0.278. The topological polar surface area (TPSA) is 54.0 Å². The largest absolute Gasteiger partial charge is 0.491 e. The summed E-state index contributed by atoms with van der Waals surface area (Å²) in [7, 11) is 0. The molecule has 0 amide bonds. The van der Waals surface area contributed by atoms with Gasteiger partial charge in [-0.05, 0) is 36.2 Å². The van der Waals surface area contributed by atoms with E-state index in [2.05, 4.69) is 0 Å². The van der Waals surface area contributed by atoms with Crippen LogP contribution in [0.5, 0.6) is 17.2 Å². The minimum Gasteiger partial charge on any atom is -0.491 e. The second-order valence-electron chi connectivity index (χ2n) is 5.23. The highest BCUT2D eigenvalue weighted by atomic mass is 19.1. The first-order valence-corrected chi connectivity index (χ1v) is 7.64. The molecule has 1 aliphatic heterocycles. The van der Waals surface area contributed by atoms with Crippen LogP contribution >= 0.6 is 0 Å². The maximum absolute atomic E-state index is 13.3. The zero-order chi connectivity index (χ0) is 16.8. The third-order valence-electron chi connectivity index (χ3n) is 3.46. The number of esters is 1. The van der Waals surface area contributed by atoms with Gasteiger partial charge < -0.3 is 18.9 Å². The number of hydrogen-bond acceptors (Lipinski definition) is 5. The van der Waals surface area contributed by atoms with E-state index < -0.39 is 5.82 Å². The normalized spacial score (nSPS) is 12.0. The molecule has 0 aromatic heterocycles. The Kier molecular flexibility index (Phi) is 5.15. The van der Waals surface area contributed by atoms with E-state index in [1.807, 2.05) is 6.07 Å². The SMILES string of the molecule is O=C(CCCOc1ccccc1F)OCc1ccc2c(c1)OCO2. The second-order valence-corrected chi connectivity index (χ2v) is 5.23. The maximum atomic E-state index is 13.3. The summed E-state index contributed by atoms with van der Waals surface area (Å²) in [6.07, 6.45) is 0.660.